The van der Waals surface area contributed by atoms with Gasteiger partial charge >= 0.3 is 0 Å². The van der Waals surface area contributed by atoms with E-state index in [9.17, 15) is 9.18 Å². The molecule has 5 heteroatoms. The molecule has 1 aliphatic rings. The summed E-state index contributed by atoms with van der Waals surface area (Å²) in [6.07, 6.45) is 2.13. The predicted molar refractivity (Wildman–Crippen MR) is 75.3 cm³/mol. The largest absolute Gasteiger partial charge is 0.363 e. The van der Waals surface area contributed by atoms with Crippen LogP contribution in [0, 0.1) is 5.82 Å². The molecule has 0 amide bonds. The van der Waals surface area contributed by atoms with E-state index < -0.39 is 0 Å². The Morgan fingerprint density at radius 3 is 2.85 bits per heavy atom. The van der Waals surface area contributed by atoms with Crippen LogP contribution in [0.4, 0.5) is 10.2 Å². The van der Waals surface area contributed by atoms with E-state index in [1.807, 2.05) is 6.92 Å². The third-order valence-corrected chi connectivity index (χ3v) is 3.46. The Labute approximate surface area is 116 Å². The van der Waals surface area contributed by atoms with Crippen LogP contribution in [0.25, 0.3) is 0 Å². The summed E-state index contributed by atoms with van der Waals surface area (Å²) >= 11 is 0. The van der Waals surface area contributed by atoms with E-state index in [1.54, 1.807) is 18.2 Å². The van der Waals surface area contributed by atoms with Crippen molar-refractivity contribution in [3.8, 4) is 0 Å². The minimum atomic E-state index is -0.264. The molecule has 1 atom stereocenters. The van der Waals surface area contributed by atoms with Crippen LogP contribution in [0.2, 0.25) is 0 Å². The lowest BCUT2D eigenvalue weighted by molar-refractivity contribution is 0.600. The highest BCUT2D eigenvalue weighted by atomic mass is 19.1. The van der Waals surface area contributed by atoms with Crippen molar-refractivity contribution >= 4 is 5.82 Å². The fourth-order valence-electron chi connectivity index (χ4n) is 2.23. The summed E-state index contributed by atoms with van der Waals surface area (Å²) in [4.78, 5) is 18.8. The van der Waals surface area contributed by atoms with Crippen molar-refractivity contribution in [2.45, 2.75) is 31.7 Å². The molecule has 104 valence electrons. The third kappa shape index (κ3) is 2.71. The van der Waals surface area contributed by atoms with E-state index in [0.717, 1.165) is 18.7 Å². The highest BCUT2D eigenvalue weighted by molar-refractivity contribution is 5.38. The number of halogens is 1. The van der Waals surface area contributed by atoms with E-state index in [1.165, 1.54) is 12.1 Å². The molecule has 1 saturated carbocycles. The van der Waals surface area contributed by atoms with Gasteiger partial charge in [0.25, 0.3) is 5.56 Å². The summed E-state index contributed by atoms with van der Waals surface area (Å²) in [7, 11) is 0. The molecular weight excluding hydrogens is 257 g/mol. The maximum absolute atomic E-state index is 13.7. The molecular formula is C15H16FN3O. The van der Waals surface area contributed by atoms with Gasteiger partial charge in [0.15, 0.2) is 0 Å². The van der Waals surface area contributed by atoms with Crippen molar-refractivity contribution in [3.63, 3.8) is 0 Å². The van der Waals surface area contributed by atoms with E-state index in [2.05, 4.69) is 15.3 Å². The van der Waals surface area contributed by atoms with Crippen LogP contribution >= 0.6 is 0 Å². The van der Waals surface area contributed by atoms with E-state index >= 15 is 0 Å². The first-order valence-corrected chi connectivity index (χ1v) is 6.75. The molecule has 20 heavy (non-hydrogen) atoms. The number of nitrogens with zero attached hydrogens (tertiary/aromatic N) is 1. The molecule has 0 bridgehead atoms. The molecule has 4 nitrogen and oxygen atoms in total. The molecule has 0 saturated heterocycles. The van der Waals surface area contributed by atoms with Crippen molar-refractivity contribution in [1.29, 1.82) is 0 Å². The molecule has 1 fully saturated rings. The van der Waals surface area contributed by atoms with E-state index in [-0.39, 0.29) is 17.4 Å². The third-order valence-electron chi connectivity index (χ3n) is 3.46. The monoisotopic (exact) mass is 273 g/mol. The number of anilines is 1. The molecule has 0 aliphatic heterocycles. The number of aromatic amines is 1. The van der Waals surface area contributed by atoms with Crippen molar-refractivity contribution in [2.75, 3.05) is 5.32 Å². The number of H-pyrrole nitrogens is 1. The van der Waals surface area contributed by atoms with E-state index in [4.69, 9.17) is 0 Å². The number of nitrogens with one attached hydrogen (secondary N) is 2. The molecule has 3 rings (SSSR count). The molecule has 1 aromatic heterocycles. The molecule has 1 heterocycles. The van der Waals surface area contributed by atoms with Gasteiger partial charge in [0.1, 0.15) is 17.5 Å². The Balaban J connectivity index is 1.84. The summed E-state index contributed by atoms with van der Waals surface area (Å²) in [5.41, 5.74) is 0.382. The van der Waals surface area contributed by atoms with Gasteiger partial charge in [-0.3, -0.25) is 4.79 Å². The second-order valence-electron chi connectivity index (χ2n) is 5.18. The van der Waals surface area contributed by atoms with Gasteiger partial charge in [-0.25, -0.2) is 9.37 Å². The topological polar surface area (TPSA) is 57.8 Å². The number of rotatable bonds is 4. The second-order valence-corrected chi connectivity index (χ2v) is 5.18. The lowest BCUT2D eigenvalue weighted by Gasteiger charge is -2.15. The summed E-state index contributed by atoms with van der Waals surface area (Å²) in [6, 6.07) is 7.75. The summed E-state index contributed by atoms with van der Waals surface area (Å²) in [5, 5.41) is 3.09. The Morgan fingerprint density at radius 2 is 2.15 bits per heavy atom. The summed E-state index contributed by atoms with van der Waals surface area (Å²) in [6.45, 7) is 1.85. The van der Waals surface area contributed by atoms with Gasteiger partial charge in [0, 0.05) is 17.5 Å². The average molecular weight is 273 g/mol. The molecule has 1 unspecified atom stereocenters. The standard InChI is InChI=1S/C15H16FN3O/c1-9(11-4-2-3-5-12(11)16)17-13-8-14(20)19-15(18-13)10-6-7-10/h2-5,8-10H,6-7H2,1H3,(H2,17,18,19,20). The summed E-state index contributed by atoms with van der Waals surface area (Å²) < 4.78 is 13.7. The molecule has 1 aromatic carbocycles. The Hall–Kier alpha value is -2.17. The van der Waals surface area contributed by atoms with Gasteiger partial charge in [-0.05, 0) is 25.8 Å². The number of aromatic nitrogens is 2. The fourth-order valence-corrected chi connectivity index (χ4v) is 2.23. The molecule has 2 N–H and O–H groups in total. The van der Waals surface area contributed by atoms with Gasteiger partial charge in [0.05, 0.1) is 6.04 Å². The quantitative estimate of drug-likeness (QED) is 0.900. The van der Waals surface area contributed by atoms with Crippen molar-refractivity contribution in [1.82, 2.24) is 9.97 Å². The van der Waals surface area contributed by atoms with Crippen LogP contribution in [0.15, 0.2) is 35.1 Å². The molecule has 0 radical (unpaired) electrons. The second kappa shape index (κ2) is 5.07. The summed E-state index contributed by atoms with van der Waals surface area (Å²) in [5.74, 6) is 1.32. The Morgan fingerprint density at radius 1 is 1.40 bits per heavy atom. The predicted octanol–water partition coefficient (Wildman–Crippen LogP) is 2.96. The zero-order valence-electron chi connectivity index (χ0n) is 11.2. The zero-order valence-corrected chi connectivity index (χ0v) is 11.2. The first-order chi connectivity index (χ1) is 9.63. The van der Waals surface area contributed by atoms with Gasteiger partial charge < -0.3 is 10.3 Å². The molecule has 0 spiro atoms. The first kappa shape index (κ1) is 12.8. The Bertz CT molecular complexity index is 679. The average Bonchev–Trinajstić information content (AvgIpc) is 3.22. The van der Waals surface area contributed by atoms with Crippen LogP contribution in [0.1, 0.15) is 43.1 Å². The fraction of sp³-hybridized carbons (Fsp3) is 0.333. The van der Waals surface area contributed by atoms with Crippen LogP contribution in [-0.4, -0.2) is 9.97 Å². The van der Waals surface area contributed by atoms with Crippen molar-refractivity contribution in [2.24, 2.45) is 0 Å². The first-order valence-electron chi connectivity index (χ1n) is 6.75. The number of hydrogen-bond donors (Lipinski definition) is 2. The Kier molecular flexibility index (Phi) is 3.26. The van der Waals surface area contributed by atoms with Crippen LogP contribution in [0.3, 0.4) is 0 Å². The number of hydrogen-bond acceptors (Lipinski definition) is 3. The van der Waals surface area contributed by atoms with Crippen molar-refractivity contribution < 1.29 is 4.39 Å². The minimum absolute atomic E-state index is 0.176. The molecule has 2 aromatic rings. The maximum Gasteiger partial charge on any atom is 0.252 e. The zero-order chi connectivity index (χ0) is 14.1. The highest BCUT2D eigenvalue weighted by Gasteiger charge is 2.26. The SMILES string of the molecule is CC(Nc1cc(=O)[nH]c(C2CC2)n1)c1ccccc1F. The van der Waals surface area contributed by atoms with Gasteiger partial charge in [-0.1, -0.05) is 18.2 Å². The van der Waals surface area contributed by atoms with Crippen molar-refractivity contribution in [3.05, 3.63) is 57.9 Å². The van der Waals surface area contributed by atoms with Gasteiger partial charge in [-0.2, -0.15) is 0 Å². The minimum Gasteiger partial charge on any atom is -0.363 e. The van der Waals surface area contributed by atoms with Crippen LogP contribution in [0.5, 0.6) is 0 Å². The smallest absolute Gasteiger partial charge is 0.252 e. The lowest BCUT2D eigenvalue weighted by Crippen LogP contribution is -2.16. The lowest BCUT2D eigenvalue weighted by atomic mass is 10.1. The number of benzene rings is 1. The van der Waals surface area contributed by atoms with E-state index in [0.29, 0.717) is 17.3 Å². The van der Waals surface area contributed by atoms with Crippen LogP contribution in [-0.2, 0) is 0 Å². The normalized spacial score (nSPS) is 15.9. The van der Waals surface area contributed by atoms with Gasteiger partial charge in [-0.15, -0.1) is 0 Å². The van der Waals surface area contributed by atoms with Crippen LogP contribution < -0.4 is 10.9 Å². The molecule has 1 aliphatic carbocycles. The highest BCUT2D eigenvalue weighted by Crippen LogP contribution is 2.37. The van der Waals surface area contributed by atoms with Gasteiger partial charge in [0.2, 0.25) is 0 Å². The maximum atomic E-state index is 13.7.